The van der Waals surface area contributed by atoms with Gasteiger partial charge in [0.15, 0.2) is 0 Å². The topological polar surface area (TPSA) is 36.0 Å². The lowest BCUT2D eigenvalue weighted by atomic mass is 9.94. The number of nitrogens with zero attached hydrogens (tertiary/aromatic N) is 3. The molecule has 0 aromatic rings. The van der Waals surface area contributed by atoms with Gasteiger partial charge in [-0.1, -0.05) is 19.3 Å². The molecule has 0 aromatic carbocycles. The standard InChI is InChI=1S/C17H29N3O2/c21-17-19-9-8-18(14-6-10-22-11-7-14)12-16(19)13-20(17)15-4-2-1-3-5-15/h14-16H,1-13H2/t16-/m1/s1. The van der Waals surface area contributed by atoms with Gasteiger partial charge in [-0.2, -0.15) is 0 Å². The van der Waals surface area contributed by atoms with Gasteiger partial charge in [-0.05, 0) is 25.7 Å². The second kappa shape index (κ2) is 6.36. The fourth-order valence-corrected chi connectivity index (χ4v) is 4.84. The summed E-state index contributed by atoms with van der Waals surface area (Å²) >= 11 is 0. The fraction of sp³-hybridized carbons (Fsp3) is 0.941. The predicted octanol–water partition coefficient (Wildman–Crippen LogP) is 1.92. The van der Waals surface area contributed by atoms with E-state index in [2.05, 4.69) is 14.7 Å². The van der Waals surface area contributed by atoms with Crippen molar-refractivity contribution in [2.75, 3.05) is 39.4 Å². The molecular weight excluding hydrogens is 278 g/mol. The molecule has 4 aliphatic rings. The van der Waals surface area contributed by atoms with Gasteiger partial charge in [0.25, 0.3) is 0 Å². The Morgan fingerprint density at radius 1 is 0.773 bits per heavy atom. The normalized spacial score (nSPS) is 32.5. The molecule has 0 N–H and O–H groups in total. The van der Waals surface area contributed by atoms with Crippen LogP contribution in [0.1, 0.15) is 44.9 Å². The SMILES string of the molecule is O=C1N(C2CCCCC2)C[C@H]2CN(C3CCOCC3)CCN12. The van der Waals surface area contributed by atoms with Gasteiger partial charge in [0, 0.05) is 51.5 Å². The molecule has 1 aliphatic carbocycles. The monoisotopic (exact) mass is 307 g/mol. The maximum absolute atomic E-state index is 12.7. The lowest BCUT2D eigenvalue weighted by molar-refractivity contribution is 0.0108. The number of urea groups is 1. The van der Waals surface area contributed by atoms with Gasteiger partial charge in [0.2, 0.25) is 0 Å². The zero-order valence-electron chi connectivity index (χ0n) is 13.6. The van der Waals surface area contributed by atoms with Crippen molar-refractivity contribution in [2.45, 2.75) is 63.1 Å². The summed E-state index contributed by atoms with van der Waals surface area (Å²) in [4.78, 5) is 19.7. The molecule has 0 radical (unpaired) electrons. The van der Waals surface area contributed by atoms with Crippen LogP contribution in [0, 0.1) is 0 Å². The summed E-state index contributed by atoms with van der Waals surface area (Å²) in [5, 5.41) is 0. The smallest absolute Gasteiger partial charge is 0.320 e. The molecule has 2 amide bonds. The molecule has 124 valence electrons. The van der Waals surface area contributed by atoms with E-state index in [1.54, 1.807) is 0 Å². The molecule has 0 bridgehead atoms. The zero-order valence-corrected chi connectivity index (χ0v) is 13.6. The van der Waals surface area contributed by atoms with Crippen LogP contribution in [0.3, 0.4) is 0 Å². The molecule has 0 spiro atoms. The van der Waals surface area contributed by atoms with Crippen LogP contribution in [0.15, 0.2) is 0 Å². The van der Waals surface area contributed by atoms with Crippen LogP contribution in [0.25, 0.3) is 0 Å². The van der Waals surface area contributed by atoms with Crippen LogP contribution < -0.4 is 0 Å². The summed E-state index contributed by atoms with van der Waals surface area (Å²) in [6.45, 7) is 5.81. The minimum absolute atomic E-state index is 0.323. The van der Waals surface area contributed by atoms with E-state index in [0.717, 1.165) is 52.2 Å². The first-order valence-corrected chi connectivity index (χ1v) is 9.22. The second-order valence-corrected chi connectivity index (χ2v) is 7.41. The van der Waals surface area contributed by atoms with E-state index in [0.29, 0.717) is 24.2 Å². The molecule has 22 heavy (non-hydrogen) atoms. The molecular formula is C17H29N3O2. The lowest BCUT2D eigenvalue weighted by Crippen LogP contribution is -2.55. The third-order valence-corrected chi connectivity index (χ3v) is 6.14. The van der Waals surface area contributed by atoms with Gasteiger partial charge >= 0.3 is 6.03 Å². The van der Waals surface area contributed by atoms with Crippen LogP contribution in [0.2, 0.25) is 0 Å². The van der Waals surface area contributed by atoms with E-state index >= 15 is 0 Å². The highest BCUT2D eigenvalue weighted by molar-refractivity contribution is 5.77. The quantitative estimate of drug-likeness (QED) is 0.782. The van der Waals surface area contributed by atoms with Gasteiger partial charge in [-0.15, -0.1) is 0 Å². The highest BCUT2D eigenvalue weighted by Gasteiger charge is 2.44. The minimum Gasteiger partial charge on any atom is -0.381 e. The van der Waals surface area contributed by atoms with E-state index in [1.165, 1.54) is 32.1 Å². The van der Waals surface area contributed by atoms with Crippen LogP contribution in [0.5, 0.6) is 0 Å². The Morgan fingerprint density at radius 2 is 1.55 bits per heavy atom. The van der Waals surface area contributed by atoms with Crippen molar-refractivity contribution < 1.29 is 9.53 Å². The van der Waals surface area contributed by atoms with Crippen LogP contribution in [-0.2, 0) is 4.74 Å². The number of amides is 2. The van der Waals surface area contributed by atoms with E-state index < -0.39 is 0 Å². The van der Waals surface area contributed by atoms with Crippen LogP contribution >= 0.6 is 0 Å². The number of carbonyl (C=O) groups excluding carboxylic acids is 1. The molecule has 1 saturated carbocycles. The van der Waals surface area contributed by atoms with E-state index in [9.17, 15) is 4.79 Å². The molecule has 5 heteroatoms. The molecule has 3 saturated heterocycles. The van der Waals surface area contributed by atoms with Crippen molar-refractivity contribution in [1.82, 2.24) is 14.7 Å². The molecule has 4 rings (SSSR count). The fourth-order valence-electron chi connectivity index (χ4n) is 4.84. The maximum Gasteiger partial charge on any atom is 0.320 e. The molecule has 0 unspecified atom stereocenters. The third-order valence-electron chi connectivity index (χ3n) is 6.14. The number of rotatable bonds is 2. The molecule has 1 atom stereocenters. The number of hydrogen-bond acceptors (Lipinski definition) is 3. The van der Waals surface area contributed by atoms with Crippen molar-refractivity contribution >= 4 is 6.03 Å². The Labute approximate surface area is 133 Å². The third kappa shape index (κ3) is 2.73. The Hall–Kier alpha value is -0.810. The summed E-state index contributed by atoms with van der Waals surface area (Å²) in [5.74, 6) is 0. The molecule has 3 heterocycles. The Kier molecular flexibility index (Phi) is 4.27. The highest BCUT2D eigenvalue weighted by Crippen LogP contribution is 2.30. The van der Waals surface area contributed by atoms with Crippen LogP contribution in [-0.4, -0.2) is 78.2 Å². The summed E-state index contributed by atoms with van der Waals surface area (Å²) in [7, 11) is 0. The Bertz CT molecular complexity index is 405. The van der Waals surface area contributed by atoms with Gasteiger partial charge in [0.05, 0.1) is 6.04 Å². The van der Waals surface area contributed by atoms with Crippen molar-refractivity contribution in [3.8, 4) is 0 Å². The largest absolute Gasteiger partial charge is 0.381 e. The minimum atomic E-state index is 0.323. The average Bonchev–Trinajstić information content (AvgIpc) is 2.93. The van der Waals surface area contributed by atoms with Crippen LogP contribution in [0.4, 0.5) is 4.79 Å². The summed E-state index contributed by atoms with van der Waals surface area (Å²) in [6, 6.07) is 1.94. The number of fused-ring (bicyclic) bond motifs is 1. The molecule has 3 aliphatic heterocycles. The van der Waals surface area contributed by atoms with Crippen molar-refractivity contribution in [3.05, 3.63) is 0 Å². The zero-order chi connectivity index (χ0) is 14.9. The molecule has 0 aromatic heterocycles. The van der Waals surface area contributed by atoms with Crippen molar-refractivity contribution in [1.29, 1.82) is 0 Å². The first-order valence-electron chi connectivity index (χ1n) is 9.22. The summed E-state index contributed by atoms with van der Waals surface area (Å²) in [5.41, 5.74) is 0. The molecule has 5 nitrogen and oxygen atoms in total. The Morgan fingerprint density at radius 3 is 2.32 bits per heavy atom. The summed E-state index contributed by atoms with van der Waals surface area (Å²) in [6.07, 6.45) is 8.70. The van der Waals surface area contributed by atoms with Gasteiger partial charge in [-0.3, -0.25) is 4.90 Å². The van der Waals surface area contributed by atoms with E-state index in [4.69, 9.17) is 4.74 Å². The summed E-state index contributed by atoms with van der Waals surface area (Å²) < 4.78 is 5.49. The van der Waals surface area contributed by atoms with Gasteiger partial charge < -0.3 is 14.5 Å². The number of piperazine rings is 1. The highest BCUT2D eigenvalue weighted by atomic mass is 16.5. The number of hydrogen-bond donors (Lipinski definition) is 0. The molecule has 4 fully saturated rings. The number of ether oxygens (including phenoxy) is 1. The first kappa shape index (κ1) is 14.8. The van der Waals surface area contributed by atoms with Crippen molar-refractivity contribution in [3.63, 3.8) is 0 Å². The van der Waals surface area contributed by atoms with Gasteiger partial charge in [0.1, 0.15) is 0 Å². The average molecular weight is 307 g/mol. The predicted molar refractivity (Wildman–Crippen MR) is 84.9 cm³/mol. The lowest BCUT2D eigenvalue weighted by Gasteiger charge is -2.42. The van der Waals surface area contributed by atoms with E-state index in [1.807, 2.05) is 0 Å². The Balaban J connectivity index is 1.39. The maximum atomic E-state index is 12.7. The van der Waals surface area contributed by atoms with Gasteiger partial charge in [-0.25, -0.2) is 4.79 Å². The first-order chi connectivity index (χ1) is 10.8. The number of carbonyl (C=O) groups is 1. The van der Waals surface area contributed by atoms with E-state index in [-0.39, 0.29) is 0 Å². The second-order valence-electron chi connectivity index (χ2n) is 7.41. The van der Waals surface area contributed by atoms with Crippen molar-refractivity contribution in [2.24, 2.45) is 0 Å².